The first-order valence-corrected chi connectivity index (χ1v) is 8.33. The summed E-state index contributed by atoms with van der Waals surface area (Å²) in [5, 5.41) is 3.77. The first-order chi connectivity index (χ1) is 8.70. The molecule has 1 saturated carbocycles. The molecule has 1 aliphatic rings. The molecule has 1 unspecified atom stereocenters. The predicted octanol–water partition coefficient (Wildman–Crippen LogP) is 4.64. The van der Waals surface area contributed by atoms with Crippen molar-refractivity contribution in [2.24, 2.45) is 5.92 Å². The van der Waals surface area contributed by atoms with Crippen molar-refractivity contribution in [3.05, 3.63) is 29.8 Å². The average Bonchev–Trinajstić information content (AvgIpc) is 2.92. The fourth-order valence-electron chi connectivity index (χ4n) is 2.98. The molecule has 0 saturated heterocycles. The van der Waals surface area contributed by atoms with Gasteiger partial charge in [0.15, 0.2) is 0 Å². The van der Waals surface area contributed by atoms with E-state index in [2.05, 4.69) is 49.7 Å². The van der Waals surface area contributed by atoms with E-state index in [0.29, 0.717) is 12.1 Å². The summed E-state index contributed by atoms with van der Waals surface area (Å²) in [5.41, 5.74) is 1.40. The number of benzene rings is 1. The van der Waals surface area contributed by atoms with Crippen LogP contribution in [0.2, 0.25) is 0 Å². The van der Waals surface area contributed by atoms with E-state index in [1.54, 1.807) is 11.8 Å². The SMILES string of the molecule is CSc1ccc(C(C)N[C@@H](C)C2CCCC2)cc1. The molecular weight excluding hydrogens is 238 g/mol. The van der Waals surface area contributed by atoms with Crippen molar-refractivity contribution in [1.29, 1.82) is 0 Å². The van der Waals surface area contributed by atoms with E-state index in [-0.39, 0.29) is 0 Å². The minimum Gasteiger partial charge on any atom is -0.307 e. The lowest BCUT2D eigenvalue weighted by Gasteiger charge is -2.25. The van der Waals surface area contributed by atoms with Crippen LogP contribution in [0.1, 0.15) is 51.1 Å². The van der Waals surface area contributed by atoms with Gasteiger partial charge in [0.1, 0.15) is 0 Å². The van der Waals surface area contributed by atoms with Gasteiger partial charge >= 0.3 is 0 Å². The standard InChI is InChI=1S/C16H25NS/c1-12(14-6-4-5-7-14)17-13(2)15-8-10-16(18-3)11-9-15/h8-14,17H,4-7H2,1-3H3/t12-,13?/m0/s1. The molecule has 0 aromatic heterocycles. The van der Waals surface area contributed by atoms with Crippen molar-refractivity contribution < 1.29 is 0 Å². The van der Waals surface area contributed by atoms with Gasteiger partial charge in [0.25, 0.3) is 0 Å². The highest BCUT2D eigenvalue weighted by atomic mass is 32.2. The summed E-state index contributed by atoms with van der Waals surface area (Å²) in [4.78, 5) is 1.34. The monoisotopic (exact) mass is 263 g/mol. The number of thioether (sulfide) groups is 1. The molecule has 1 N–H and O–H groups in total. The summed E-state index contributed by atoms with van der Waals surface area (Å²) >= 11 is 1.80. The van der Waals surface area contributed by atoms with E-state index in [4.69, 9.17) is 0 Å². The maximum atomic E-state index is 3.77. The van der Waals surface area contributed by atoms with Gasteiger partial charge in [-0.1, -0.05) is 25.0 Å². The molecule has 2 heteroatoms. The average molecular weight is 263 g/mol. The van der Waals surface area contributed by atoms with Gasteiger partial charge in [-0.05, 0) is 56.6 Å². The minimum absolute atomic E-state index is 0.455. The van der Waals surface area contributed by atoms with Gasteiger partial charge in [0, 0.05) is 17.0 Å². The highest BCUT2D eigenvalue weighted by Gasteiger charge is 2.22. The Kier molecular flexibility index (Phi) is 5.13. The van der Waals surface area contributed by atoms with Crippen LogP contribution in [0.15, 0.2) is 29.2 Å². The Hall–Kier alpha value is -0.470. The Morgan fingerprint density at radius 1 is 1.11 bits per heavy atom. The van der Waals surface area contributed by atoms with E-state index in [9.17, 15) is 0 Å². The summed E-state index contributed by atoms with van der Waals surface area (Å²) in [7, 11) is 0. The Morgan fingerprint density at radius 3 is 2.28 bits per heavy atom. The first-order valence-electron chi connectivity index (χ1n) is 7.10. The van der Waals surface area contributed by atoms with Crippen molar-refractivity contribution in [1.82, 2.24) is 5.32 Å². The second-order valence-electron chi connectivity index (χ2n) is 5.49. The third-order valence-electron chi connectivity index (χ3n) is 4.24. The van der Waals surface area contributed by atoms with E-state index in [0.717, 1.165) is 5.92 Å². The van der Waals surface area contributed by atoms with Crippen molar-refractivity contribution in [2.75, 3.05) is 6.26 Å². The molecule has 1 nitrogen and oxygen atoms in total. The zero-order chi connectivity index (χ0) is 13.0. The van der Waals surface area contributed by atoms with Crippen LogP contribution < -0.4 is 5.32 Å². The molecule has 18 heavy (non-hydrogen) atoms. The molecule has 1 aliphatic carbocycles. The van der Waals surface area contributed by atoms with Gasteiger partial charge in [-0.25, -0.2) is 0 Å². The third-order valence-corrected chi connectivity index (χ3v) is 4.98. The highest BCUT2D eigenvalue weighted by Crippen LogP contribution is 2.29. The molecule has 1 aromatic carbocycles. The van der Waals surface area contributed by atoms with E-state index >= 15 is 0 Å². The van der Waals surface area contributed by atoms with Gasteiger partial charge in [-0.15, -0.1) is 11.8 Å². The van der Waals surface area contributed by atoms with Crippen molar-refractivity contribution in [2.45, 2.75) is 56.5 Å². The van der Waals surface area contributed by atoms with Crippen LogP contribution in [-0.4, -0.2) is 12.3 Å². The second kappa shape index (κ2) is 6.63. The normalized spacial score (nSPS) is 19.9. The number of nitrogens with one attached hydrogen (secondary N) is 1. The predicted molar refractivity (Wildman–Crippen MR) is 81.2 cm³/mol. The van der Waals surface area contributed by atoms with Gasteiger partial charge in [-0.2, -0.15) is 0 Å². The smallest absolute Gasteiger partial charge is 0.0294 e. The lowest BCUT2D eigenvalue weighted by atomic mass is 9.98. The molecule has 0 spiro atoms. The summed E-state index contributed by atoms with van der Waals surface area (Å²) in [6, 6.07) is 10.0. The van der Waals surface area contributed by atoms with E-state index in [1.807, 2.05) is 0 Å². The summed E-state index contributed by atoms with van der Waals surface area (Å²) in [6.07, 6.45) is 7.79. The van der Waals surface area contributed by atoms with Gasteiger partial charge in [-0.3, -0.25) is 0 Å². The largest absolute Gasteiger partial charge is 0.307 e. The summed E-state index contributed by atoms with van der Waals surface area (Å²) in [6.45, 7) is 4.63. The zero-order valence-electron chi connectivity index (χ0n) is 11.8. The molecule has 2 rings (SSSR count). The van der Waals surface area contributed by atoms with Crippen LogP contribution in [0, 0.1) is 5.92 Å². The maximum absolute atomic E-state index is 3.77. The summed E-state index contributed by atoms with van der Waals surface area (Å²) in [5.74, 6) is 0.887. The van der Waals surface area contributed by atoms with Crippen LogP contribution in [0.25, 0.3) is 0 Å². The van der Waals surface area contributed by atoms with Crippen LogP contribution in [0.4, 0.5) is 0 Å². The van der Waals surface area contributed by atoms with Gasteiger partial charge in [0.05, 0.1) is 0 Å². The minimum atomic E-state index is 0.455. The zero-order valence-corrected chi connectivity index (χ0v) is 12.6. The van der Waals surface area contributed by atoms with Crippen molar-refractivity contribution in [3.8, 4) is 0 Å². The lowest BCUT2D eigenvalue weighted by Crippen LogP contribution is -2.34. The molecule has 1 fully saturated rings. The molecule has 0 amide bonds. The van der Waals surface area contributed by atoms with Crippen LogP contribution >= 0.6 is 11.8 Å². The number of rotatable bonds is 5. The summed E-state index contributed by atoms with van der Waals surface area (Å²) < 4.78 is 0. The second-order valence-corrected chi connectivity index (χ2v) is 6.37. The van der Waals surface area contributed by atoms with Crippen molar-refractivity contribution >= 4 is 11.8 Å². The molecule has 100 valence electrons. The van der Waals surface area contributed by atoms with E-state index in [1.165, 1.54) is 36.1 Å². The van der Waals surface area contributed by atoms with E-state index < -0.39 is 0 Å². The Labute approximate surface area is 116 Å². The Morgan fingerprint density at radius 2 is 1.72 bits per heavy atom. The number of hydrogen-bond acceptors (Lipinski definition) is 2. The molecule has 0 heterocycles. The number of hydrogen-bond donors (Lipinski definition) is 1. The van der Waals surface area contributed by atoms with Gasteiger partial charge < -0.3 is 5.32 Å². The third kappa shape index (κ3) is 3.52. The van der Waals surface area contributed by atoms with Crippen molar-refractivity contribution in [3.63, 3.8) is 0 Å². The molecule has 0 bridgehead atoms. The molecule has 0 aliphatic heterocycles. The maximum Gasteiger partial charge on any atom is 0.0294 e. The first kappa shape index (κ1) is 14.0. The molecule has 0 radical (unpaired) electrons. The molecular formula is C16H25NS. The molecule has 2 atom stereocenters. The topological polar surface area (TPSA) is 12.0 Å². The Bertz CT molecular complexity index is 354. The van der Waals surface area contributed by atoms with Crippen LogP contribution in [0.3, 0.4) is 0 Å². The Balaban J connectivity index is 1.91. The fraction of sp³-hybridized carbons (Fsp3) is 0.625. The molecule has 1 aromatic rings. The van der Waals surface area contributed by atoms with Gasteiger partial charge in [0.2, 0.25) is 0 Å². The lowest BCUT2D eigenvalue weighted by molar-refractivity contribution is 0.352. The van der Waals surface area contributed by atoms with Crippen LogP contribution in [0.5, 0.6) is 0 Å². The quantitative estimate of drug-likeness (QED) is 0.777. The highest BCUT2D eigenvalue weighted by molar-refractivity contribution is 7.98. The fourth-order valence-corrected chi connectivity index (χ4v) is 3.38. The van der Waals surface area contributed by atoms with Crippen LogP contribution in [-0.2, 0) is 0 Å².